The minimum atomic E-state index is -0.642. The zero-order valence-electron chi connectivity index (χ0n) is 12.4. The number of hydrogen-bond donors (Lipinski definition) is 1. The number of hydrogen-bond acceptors (Lipinski definition) is 3. The first-order chi connectivity index (χ1) is 9.92. The van der Waals surface area contributed by atoms with E-state index in [-0.39, 0.29) is 11.3 Å². The number of amides is 1. The van der Waals surface area contributed by atoms with E-state index in [4.69, 9.17) is 16.3 Å². The molecule has 1 N–H and O–H groups in total. The number of anilines is 1. The highest BCUT2D eigenvalue weighted by Crippen LogP contribution is 2.48. The van der Waals surface area contributed by atoms with Crippen LogP contribution < -0.4 is 5.32 Å². The third-order valence-electron chi connectivity index (χ3n) is 4.18. The van der Waals surface area contributed by atoms with E-state index in [2.05, 4.69) is 5.32 Å². The number of rotatable bonds is 2. The van der Waals surface area contributed by atoms with Crippen LogP contribution >= 0.6 is 11.6 Å². The third kappa shape index (κ3) is 2.32. The van der Waals surface area contributed by atoms with E-state index in [1.54, 1.807) is 19.0 Å². The molecule has 2 heterocycles. The molecule has 0 aromatic heterocycles. The van der Waals surface area contributed by atoms with Crippen molar-refractivity contribution in [3.8, 4) is 0 Å². The minimum Gasteiger partial charge on any atom is -0.364 e. The molecule has 112 valence electrons. The first-order valence-corrected chi connectivity index (χ1v) is 7.43. The SMILES string of the molecule is CN(C)C(=O)CC1(C)OCC2=C1Nc1ccccc1C2Cl. The summed E-state index contributed by atoms with van der Waals surface area (Å²) >= 11 is 6.60. The van der Waals surface area contributed by atoms with Gasteiger partial charge in [0.25, 0.3) is 0 Å². The summed E-state index contributed by atoms with van der Waals surface area (Å²) in [7, 11) is 3.51. The quantitative estimate of drug-likeness (QED) is 0.854. The Hall–Kier alpha value is -1.52. The molecule has 0 aliphatic carbocycles. The first kappa shape index (κ1) is 14.4. The van der Waals surface area contributed by atoms with E-state index in [0.29, 0.717) is 13.0 Å². The van der Waals surface area contributed by atoms with Crippen molar-refractivity contribution in [2.75, 3.05) is 26.0 Å². The van der Waals surface area contributed by atoms with Crippen LogP contribution in [-0.4, -0.2) is 37.1 Å². The van der Waals surface area contributed by atoms with Crippen LogP contribution in [0.4, 0.5) is 5.69 Å². The summed E-state index contributed by atoms with van der Waals surface area (Å²) in [5.41, 5.74) is 3.38. The molecule has 0 radical (unpaired) electrons. The number of para-hydroxylation sites is 1. The third-order valence-corrected chi connectivity index (χ3v) is 4.68. The van der Waals surface area contributed by atoms with Crippen LogP contribution in [0.5, 0.6) is 0 Å². The fourth-order valence-electron chi connectivity index (χ4n) is 2.87. The fraction of sp³-hybridized carbons (Fsp3) is 0.438. The van der Waals surface area contributed by atoms with Gasteiger partial charge in [-0.05, 0) is 18.6 Å². The van der Waals surface area contributed by atoms with E-state index < -0.39 is 5.60 Å². The van der Waals surface area contributed by atoms with Crippen LogP contribution in [0, 0.1) is 0 Å². The summed E-state index contributed by atoms with van der Waals surface area (Å²) in [6.45, 7) is 2.41. The predicted molar refractivity (Wildman–Crippen MR) is 83.4 cm³/mol. The lowest BCUT2D eigenvalue weighted by Crippen LogP contribution is -2.38. The van der Waals surface area contributed by atoms with Gasteiger partial charge in [-0.3, -0.25) is 4.79 Å². The number of halogens is 1. The molecular weight excluding hydrogens is 288 g/mol. The lowest BCUT2D eigenvalue weighted by molar-refractivity contribution is -0.133. The van der Waals surface area contributed by atoms with Gasteiger partial charge in [0.05, 0.1) is 24.1 Å². The minimum absolute atomic E-state index is 0.0398. The van der Waals surface area contributed by atoms with Crippen LogP contribution in [-0.2, 0) is 9.53 Å². The van der Waals surface area contributed by atoms with Crippen molar-refractivity contribution in [3.63, 3.8) is 0 Å². The molecule has 4 nitrogen and oxygen atoms in total. The zero-order chi connectivity index (χ0) is 15.2. The van der Waals surface area contributed by atoms with Crippen LogP contribution in [0.25, 0.3) is 0 Å². The van der Waals surface area contributed by atoms with E-state index in [9.17, 15) is 4.79 Å². The first-order valence-electron chi connectivity index (χ1n) is 7.00. The molecule has 2 unspecified atom stereocenters. The Kier molecular flexibility index (Phi) is 3.46. The number of alkyl halides is 1. The number of carbonyl (C=O) groups excluding carboxylic acids is 1. The molecule has 2 aliphatic heterocycles. The fourth-order valence-corrected chi connectivity index (χ4v) is 3.24. The Morgan fingerprint density at radius 3 is 2.90 bits per heavy atom. The van der Waals surface area contributed by atoms with E-state index in [0.717, 1.165) is 22.5 Å². The molecule has 0 saturated carbocycles. The maximum Gasteiger partial charge on any atom is 0.225 e. The molecule has 3 rings (SSSR count). The number of benzene rings is 1. The largest absolute Gasteiger partial charge is 0.364 e. The second-order valence-corrected chi connectivity index (χ2v) is 6.40. The normalized spacial score (nSPS) is 27.0. The second kappa shape index (κ2) is 5.04. The molecule has 5 heteroatoms. The molecule has 0 spiro atoms. The lowest BCUT2D eigenvalue weighted by atomic mass is 9.89. The van der Waals surface area contributed by atoms with Crippen molar-refractivity contribution >= 4 is 23.2 Å². The molecule has 1 aromatic rings. The van der Waals surface area contributed by atoms with Crippen molar-refractivity contribution in [1.82, 2.24) is 4.90 Å². The Labute approximate surface area is 129 Å². The van der Waals surface area contributed by atoms with Crippen molar-refractivity contribution in [1.29, 1.82) is 0 Å². The molecule has 0 bridgehead atoms. The summed E-state index contributed by atoms with van der Waals surface area (Å²) in [4.78, 5) is 13.7. The van der Waals surface area contributed by atoms with Crippen molar-refractivity contribution in [2.24, 2.45) is 0 Å². The molecule has 1 amide bonds. The van der Waals surface area contributed by atoms with Crippen molar-refractivity contribution in [2.45, 2.75) is 24.3 Å². The van der Waals surface area contributed by atoms with Gasteiger partial charge in [0, 0.05) is 25.4 Å². The van der Waals surface area contributed by atoms with E-state index in [1.165, 1.54) is 0 Å². The highest BCUT2D eigenvalue weighted by molar-refractivity contribution is 6.23. The van der Waals surface area contributed by atoms with Gasteiger partial charge >= 0.3 is 0 Å². The number of carbonyl (C=O) groups is 1. The number of nitrogens with zero attached hydrogens (tertiary/aromatic N) is 1. The molecular formula is C16H19ClN2O2. The smallest absolute Gasteiger partial charge is 0.225 e. The van der Waals surface area contributed by atoms with Crippen LogP contribution in [0.15, 0.2) is 35.5 Å². The van der Waals surface area contributed by atoms with Gasteiger partial charge in [0.15, 0.2) is 0 Å². The van der Waals surface area contributed by atoms with Gasteiger partial charge in [0.2, 0.25) is 5.91 Å². The number of nitrogens with one attached hydrogen (secondary N) is 1. The van der Waals surface area contributed by atoms with Gasteiger partial charge in [-0.25, -0.2) is 0 Å². The van der Waals surface area contributed by atoms with Gasteiger partial charge in [-0.2, -0.15) is 0 Å². The second-order valence-electron chi connectivity index (χ2n) is 5.96. The Morgan fingerprint density at radius 1 is 1.48 bits per heavy atom. The summed E-state index contributed by atoms with van der Waals surface area (Å²) in [5, 5.41) is 3.22. The maximum atomic E-state index is 12.1. The van der Waals surface area contributed by atoms with Gasteiger partial charge in [-0.1, -0.05) is 18.2 Å². The molecule has 0 fully saturated rings. The van der Waals surface area contributed by atoms with Crippen molar-refractivity contribution < 1.29 is 9.53 Å². The highest BCUT2D eigenvalue weighted by Gasteiger charge is 2.44. The number of fused-ring (bicyclic) bond motifs is 1. The van der Waals surface area contributed by atoms with E-state index in [1.807, 2.05) is 31.2 Å². The average molecular weight is 307 g/mol. The standard InChI is InChI=1S/C16H19ClN2O2/c1-16(8-13(20)19(2)3)15-11(9-21-16)14(17)10-6-4-5-7-12(10)18-15/h4-7,14,18H,8-9H2,1-3H3. The number of ether oxygens (including phenoxy) is 1. The summed E-state index contributed by atoms with van der Waals surface area (Å²) < 4.78 is 5.94. The molecule has 1 aromatic carbocycles. The lowest BCUT2D eigenvalue weighted by Gasteiger charge is -2.32. The Balaban J connectivity index is 1.95. The zero-order valence-corrected chi connectivity index (χ0v) is 13.2. The van der Waals surface area contributed by atoms with Crippen LogP contribution in [0.2, 0.25) is 0 Å². The monoisotopic (exact) mass is 306 g/mol. The van der Waals surface area contributed by atoms with Gasteiger partial charge in [0.1, 0.15) is 5.60 Å². The molecule has 21 heavy (non-hydrogen) atoms. The summed E-state index contributed by atoms with van der Waals surface area (Å²) in [5.74, 6) is 0.0398. The predicted octanol–water partition coefficient (Wildman–Crippen LogP) is 2.91. The molecule has 2 atom stereocenters. The van der Waals surface area contributed by atoms with E-state index >= 15 is 0 Å². The molecule has 0 saturated heterocycles. The highest BCUT2D eigenvalue weighted by atomic mass is 35.5. The van der Waals surface area contributed by atoms with Crippen LogP contribution in [0.1, 0.15) is 24.3 Å². The Morgan fingerprint density at radius 2 is 2.19 bits per heavy atom. The summed E-state index contributed by atoms with van der Waals surface area (Å²) in [6.07, 6.45) is 0.303. The van der Waals surface area contributed by atoms with Crippen LogP contribution in [0.3, 0.4) is 0 Å². The Bertz CT molecular complexity index is 626. The van der Waals surface area contributed by atoms with Crippen molar-refractivity contribution in [3.05, 3.63) is 41.1 Å². The molecule has 2 aliphatic rings. The maximum absolute atomic E-state index is 12.1. The average Bonchev–Trinajstić information content (AvgIpc) is 2.77. The topological polar surface area (TPSA) is 41.6 Å². The van der Waals surface area contributed by atoms with Gasteiger partial charge < -0.3 is 15.0 Å². The summed E-state index contributed by atoms with van der Waals surface area (Å²) in [6, 6.07) is 7.97. The van der Waals surface area contributed by atoms with Gasteiger partial charge in [-0.15, -0.1) is 11.6 Å².